The summed E-state index contributed by atoms with van der Waals surface area (Å²) in [5.41, 5.74) is 4.61. The summed E-state index contributed by atoms with van der Waals surface area (Å²) in [6.45, 7) is 6.05. The van der Waals surface area contributed by atoms with E-state index in [1.54, 1.807) is 6.07 Å². The van der Waals surface area contributed by atoms with Gasteiger partial charge in [-0.3, -0.25) is 4.90 Å². The van der Waals surface area contributed by atoms with E-state index in [1.165, 1.54) is 33.8 Å². The molecule has 1 atom stereocenters. The molecular weight excluding hydrogens is 451 g/mol. The Morgan fingerprint density at radius 2 is 1.60 bits per heavy atom. The summed E-state index contributed by atoms with van der Waals surface area (Å²) in [7, 11) is 0. The quantitative estimate of drug-likeness (QED) is 0.425. The Kier molecular flexibility index (Phi) is 5.95. The molecule has 2 amide bonds. The van der Waals surface area contributed by atoms with Gasteiger partial charge in [-0.05, 0) is 54.7 Å². The zero-order chi connectivity index (χ0) is 24.7. The highest BCUT2D eigenvalue weighted by atomic mass is 19.4. The van der Waals surface area contributed by atoms with Crippen molar-refractivity contribution in [3.63, 3.8) is 0 Å². The third-order valence-corrected chi connectivity index (χ3v) is 7.11. The molecule has 3 aromatic rings. The Morgan fingerprint density at radius 1 is 0.914 bits per heavy atom. The largest absolute Gasteiger partial charge is 0.416 e. The monoisotopic (exact) mass is 479 g/mol. The number of carbonyl (C=O) groups excluding carboxylic acids is 1. The van der Waals surface area contributed by atoms with Gasteiger partial charge in [-0.1, -0.05) is 54.6 Å². The minimum Gasteiger partial charge on any atom is -0.369 e. The van der Waals surface area contributed by atoms with E-state index in [0.29, 0.717) is 18.8 Å². The van der Waals surface area contributed by atoms with Gasteiger partial charge in [0.2, 0.25) is 0 Å². The highest BCUT2D eigenvalue weighted by Gasteiger charge is 2.39. The van der Waals surface area contributed by atoms with Crippen LogP contribution < -0.4 is 9.80 Å². The summed E-state index contributed by atoms with van der Waals surface area (Å²) < 4.78 is 41.0. The molecule has 7 heteroatoms. The maximum absolute atomic E-state index is 13.8. The first-order chi connectivity index (χ1) is 16.7. The van der Waals surface area contributed by atoms with Crippen LogP contribution in [-0.2, 0) is 19.3 Å². The van der Waals surface area contributed by atoms with Crippen molar-refractivity contribution in [3.8, 4) is 0 Å². The number of aryl methyl sites for hydroxylation is 2. The minimum absolute atomic E-state index is 0.0183. The van der Waals surface area contributed by atoms with Crippen LogP contribution in [0.4, 0.5) is 29.3 Å². The average molecular weight is 480 g/mol. The highest BCUT2D eigenvalue weighted by Crippen LogP contribution is 2.37. The lowest BCUT2D eigenvalue weighted by atomic mass is 10.0. The standard InChI is InChI=1S/C28H28F3N3O/c1-19-8-7-9-20(2)26(19)32-15-14-23(18-32)33-17-22-11-4-6-13-25(22)34(27(33)35)16-21-10-3-5-12-24(21)28(29,30)31/h3-13,23H,14-18H2,1-2H3. The number of fused-ring (bicyclic) bond motifs is 1. The van der Waals surface area contributed by atoms with Gasteiger partial charge in [0.15, 0.2) is 0 Å². The maximum Gasteiger partial charge on any atom is 0.416 e. The molecule has 1 fully saturated rings. The number of rotatable bonds is 4. The topological polar surface area (TPSA) is 26.8 Å². The predicted molar refractivity (Wildman–Crippen MR) is 132 cm³/mol. The molecule has 1 saturated heterocycles. The number of hydrogen-bond donors (Lipinski definition) is 0. The molecule has 182 valence electrons. The zero-order valence-electron chi connectivity index (χ0n) is 19.8. The number of alkyl halides is 3. The number of amides is 2. The molecule has 2 aliphatic rings. The number of carbonyl (C=O) groups is 1. The van der Waals surface area contributed by atoms with Gasteiger partial charge in [0.1, 0.15) is 0 Å². The van der Waals surface area contributed by atoms with Crippen LogP contribution in [0.2, 0.25) is 0 Å². The predicted octanol–water partition coefficient (Wildman–Crippen LogP) is 6.54. The molecule has 1 unspecified atom stereocenters. The summed E-state index contributed by atoms with van der Waals surface area (Å²) in [6.07, 6.45) is -3.67. The molecule has 0 aliphatic carbocycles. The average Bonchev–Trinajstić information content (AvgIpc) is 3.29. The Hall–Kier alpha value is -3.48. The first kappa shape index (κ1) is 23.3. The Morgan fingerprint density at radius 3 is 2.34 bits per heavy atom. The maximum atomic E-state index is 13.8. The second-order valence-electron chi connectivity index (χ2n) is 9.41. The second kappa shape index (κ2) is 8.95. The van der Waals surface area contributed by atoms with E-state index in [1.807, 2.05) is 35.2 Å². The third-order valence-electron chi connectivity index (χ3n) is 7.11. The van der Waals surface area contributed by atoms with Crippen LogP contribution in [0.3, 0.4) is 0 Å². The van der Waals surface area contributed by atoms with Crippen LogP contribution in [0.25, 0.3) is 0 Å². The van der Waals surface area contributed by atoms with E-state index >= 15 is 0 Å². The highest BCUT2D eigenvalue weighted by molar-refractivity contribution is 5.95. The van der Waals surface area contributed by atoms with Gasteiger partial charge >= 0.3 is 12.2 Å². The molecule has 0 bridgehead atoms. The van der Waals surface area contributed by atoms with Crippen molar-refractivity contribution in [1.29, 1.82) is 0 Å². The van der Waals surface area contributed by atoms with Crippen molar-refractivity contribution in [2.45, 2.75) is 45.6 Å². The molecule has 4 nitrogen and oxygen atoms in total. The number of halogens is 3. The van der Waals surface area contributed by atoms with Gasteiger partial charge in [0.25, 0.3) is 0 Å². The van der Waals surface area contributed by atoms with E-state index in [0.717, 1.165) is 24.6 Å². The van der Waals surface area contributed by atoms with Crippen LogP contribution in [0.1, 0.15) is 34.2 Å². The summed E-state index contributed by atoms with van der Waals surface area (Å²) in [5, 5.41) is 0. The van der Waals surface area contributed by atoms with Gasteiger partial charge in [-0.25, -0.2) is 4.79 Å². The summed E-state index contributed by atoms with van der Waals surface area (Å²) in [6, 6.07) is 19.0. The Balaban J connectivity index is 1.45. The first-order valence-corrected chi connectivity index (χ1v) is 11.9. The molecule has 0 aromatic heterocycles. The molecule has 2 aliphatic heterocycles. The molecule has 3 aromatic carbocycles. The van der Waals surface area contributed by atoms with Crippen LogP contribution in [0, 0.1) is 13.8 Å². The van der Waals surface area contributed by atoms with Gasteiger partial charge in [0.05, 0.1) is 23.8 Å². The van der Waals surface area contributed by atoms with Crippen LogP contribution in [-0.4, -0.2) is 30.1 Å². The smallest absolute Gasteiger partial charge is 0.369 e. The minimum atomic E-state index is -4.48. The summed E-state index contributed by atoms with van der Waals surface area (Å²) in [4.78, 5) is 19.4. The van der Waals surface area contributed by atoms with Crippen LogP contribution in [0.5, 0.6) is 0 Å². The Labute approximate surface area is 203 Å². The van der Waals surface area contributed by atoms with Crippen molar-refractivity contribution in [3.05, 3.63) is 94.5 Å². The molecule has 0 radical (unpaired) electrons. The lowest BCUT2D eigenvalue weighted by Crippen LogP contribution is -2.52. The van der Waals surface area contributed by atoms with E-state index in [-0.39, 0.29) is 24.2 Å². The van der Waals surface area contributed by atoms with Gasteiger partial charge in [-0.2, -0.15) is 13.2 Å². The molecule has 35 heavy (non-hydrogen) atoms. The van der Waals surface area contributed by atoms with Crippen molar-refractivity contribution in [2.75, 3.05) is 22.9 Å². The van der Waals surface area contributed by atoms with Crippen molar-refractivity contribution < 1.29 is 18.0 Å². The number of para-hydroxylation sites is 2. The van der Waals surface area contributed by atoms with Crippen LogP contribution in [0.15, 0.2) is 66.7 Å². The number of urea groups is 1. The molecular formula is C28H28F3N3O. The fourth-order valence-corrected chi connectivity index (χ4v) is 5.46. The normalized spacial score (nSPS) is 18.3. The molecule has 0 spiro atoms. The molecule has 5 rings (SSSR count). The van der Waals surface area contributed by atoms with Crippen molar-refractivity contribution in [1.82, 2.24) is 4.90 Å². The molecule has 0 saturated carbocycles. The zero-order valence-corrected chi connectivity index (χ0v) is 19.8. The second-order valence-corrected chi connectivity index (χ2v) is 9.41. The summed E-state index contributed by atoms with van der Waals surface area (Å²) >= 11 is 0. The van der Waals surface area contributed by atoms with Gasteiger partial charge < -0.3 is 9.80 Å². The number of hydrogen-bond acceptors (Lipinski definition) is 2. The van der Waals surface area contributed by atoms with Crippen molar-refractivity contribution in [2.24, 2.45) is 0 Å². The first-order valence-electron chi connectivity index (χ1n) is 11.9. The van der Waals surface area contributed by atoms with E-state index in [4.69, 9.17) is 0 Å². The lowest BCUT2D eigenvalue weighted by Gasteiger charge is -2.40. The fraction of sp³-hybridized carbons (Fsp3) is 0.321. The lowest BCUT2D eigenvalue weighted by molar-refractivity contribution is -0.138. The third kappa shape index (κ3) is 4.35. The molecule has 0 N–H and O–H groups in total. The van der Waals surface area contributed by atoms with Crippen LogP contribution >= 0.6 is 0 Å². The van der Waals surface area contributed by atoms with Gasteiger partial charge in [-0.15, -0.1) is 0 Å². The molecule has 2 heterocycles. The summed E-state index contributed by atoms with van der Waals surface area (Å²) in [5.74, 6) is 0. The Bertz CT molecular complexity index is 1240. The number of anilines is 2. The van der Waals surface area contributed by atoms with Gasteiger partial charge in [0, 0.05) is 25.3 Å². The van der Waals surface area contributed by atoms with Crippen molar-refractivity contribution >= 4 is 17.4 Å². The van der Waals surface area contributed by atoms with E-state index in [2.05, 4.69) is 30.9 Å². The number of nitrogens with zero attached hydrogens (tertiary/aromatic N) is 3. The van der Waals surface area contributed by atoms with E-state index in [9.17, 15) is 18.0 Å². The SMILES string of the molecule is Cc1cccc(C)c1N1CCC(N2Cc3ccccc3N(Cc3ccccc3C(F)(F)F)C2=O)C1. The fourth-order valence-electron chi connectivity index (χ4n) is 5.46. The number of benzene rings is 3. The van der Waals surface area contributed by atoms with E-state index < -0.39 is 11.7 Å².